The van der Waals surface area contributed by atoms with Crippen molar-refractivity contribution in [1.82, 2.24) is 24.6 Å². The summed E-state index contributed by atoms with van der Waals surface area (Å²) in [5.41, 5.74) is -1.26. The van der Waals surface area contributed by atoms with Crippen LogP contribution >= 0.6 is 0 Å². The number of piperazine rings is 1. The summed E-state index contributed by atoms with van der Waals surface area (Å²) in [6.07, 6.45) is -2.95. The summed E-state index contributed by atoms with van der Waals surface area (Å²) in [5, 5.41) is 14.0. The smallest absolute Gasteiger partial charge is 0.419 e. The summed E-state index contributed by atoms with van der Waals surface area (Å²) < 4.78 is 69.9. The van der Waals surface area contributed by atoms with Gasteiger partial charge in [-0.2, -0.15) is 23.3 Å². The molecule has 5 rings (SSSR count). The number of anilines is 1. The van der Waals surface area contributed by atoms with Crippen molar-refractivity contribution in [2.24, 2.45) is 7.05 Å². The molecule has 12 heteroatoms. The lowest BCUT2D eigenvalue weighted by Crippen LogP contribution is -2.52. The first-order valence-electron chi connectivity index (χ1n) is 11.5. The highest BCUT2D eigenvalue weighted by Crippen LogP contribution is 2.41. The molecule has 0 radical (unpaired) electrons. The Morgan fingerprint density at radius 2 is 1.78 bits per heavy atom. The number of phenolic OH excluding ortho intramolecular Hbond substituents is 1. The third-order valence-corrected chi connectivity index (χ3v) is 6.68. The first-order valence-corrected chi connectivity index (χ1v) is 11.5. The number of aromatic hydroxyl groups is 1. The summed E-state index contributed by atoms with van der Waals surface area (Å²) in [4.78, 5) is 13.3. The molecule has 1 fully saturated rings. The second-order valence-corrected chi connectivity index (χ2v) is 9.10. The summed E-state index contributed by atoms with van der Waals surface area (Å²) in [6, 6.07) is 10.6. The number of hydrogen-bond acceptors (Lipinski definition) is 6. The highest BCUT2D eigenvalue weighted by Gasteiger charge is 2.38. The topological polar surface area (TPSA) is 70.3 Å². The van der Waals surface area contributed by atoms with Gasteiger partial charge in [0.05, 0.1) is 10.9 Å². The van der Waals surface area contributed by atoms with Crippen LogP contribution in [0.1, 0.15) is 11.1 Å². The summed E-state index contributed by atoms with van der Waals surface area (Å²) in [7, 11) is 3.57. The maximum Gasteiger partial charge on any atom is 0.419 e. The standard InChI is InChI=1S/C25H23F5N6O/c1-34-8-9-36(13-15(34)10-14-6-4-3-5-7-14)24-31-12-17-21(33-35(2)23(17)32-24)16-11-18(25(28,29)30)20(27)22(37)19(16)26/h3-7,11-12,15,37H,8-10,13H2,1-2H3. The monoisotopic (exact) mass is 518 g/mol. The van der Waals surface area contributed by atoms with Gasteiger partial charge in [-0.05, 0) is 25.1 Å². The van der Waals surface area contributed by atoms with E-state index in [1.54, 1.807) is 0 Å². The molecule has 4 aromatic rings. The van der Waals surface area contributed by atoms with Crippen molar-refractivity contribution in [3.05, 3.63) is 65.4 Å². The molecule has 0 saturated carbocycles. The number of halogens is 5. The van der Waals surface area contributed by atoms with Gasteiger partial charge in [0, 0.05) is 44.5 Å². The highest BCUT2D eigenvalue weighted by molar-refractivity contribution is 5.91. The molecule has 7 nitrogen and oxygen atoms in total. The maximum absolute atomic E-state index is 14.7. The van der Waals surface area contributed by atoms with Gasteiger partial charge in [-0.15, -0.1) is 0 Å². The third kappa shape index (κ3) is 4.57. The van der Waals surface area contributed by atoms with Crippen molar-refractivity contribution in [2.75, 3.05) is 31.6 Å². The lowest BCUT2D eigenvalue weighted by molar-refractivity contribution is -0.140. The van der Waals surface area contributed by atoms with Crippen molar-refractivity contribution < 1.29 is 27.1 Å². The molecule has 37 heavy (non-hydrogen) atoms. The predicted molar refractivity (Wildman–Crippen MR) is 127 cm³/mol. The van der Waals surface area contributed by atoms with Crippen molar-refractivity contribution >= 4 is 17.0 Å². The second kappa shape index (κ2) is 9.25. The van der Waals surface area contributed by atoms with Gasteiger partial charge in [0.1, 0.15) is 5.69 Å². The van der Waals surface area contributed by atoms with Crippen LogP contribution in [-0.2, 0) is 19.6 Å². The van der Waals surface area contributed by atoms with Crippen LogP contribution < -0.4 is 4.90 Å². The zero-order valence-electron chi connectivity index (χ0n) is 20.0. The molecule has 1 aliphatic rings. The van der Waals surface area contributed by atoms with Crippen molar-refractivity contribution in [3.63, 3.8) is 0 Å². The number of rotatable bonds is 4. The molecule has 0 amide bonds. The Balaban J connectivity index is 1.50. The molecule has 2 aromatic heterocycles. The van der Waals surface area contributed by atoms with E-state index < -0.39 is 34.7 Å². The SMILES string of the molecule is CN1CCN(c2ncc3c(-c4cc(C(F)(F)F)c(F)c(O)c4F)nn(C)c3n2)CC1Cc1ccccc1. The lowest BCUT2D eigenvalue weighted by atomic mass is 10.0. The van der Waals surface area contributed by atoms with Gasteiger partial charge in [0.2, 0.25) is 5.95 Å². The Bertz CT molecular complexity index is 1460. The van der Waals surface area contributed by atoms with Crippen LogP contribution in [0.2, 0.25) is 0 Å². The Morgan fingerprint density at radius 1 is 1.05 bits per heavy atom. The van der Waals surface area contributed by atoms with Crippen molar-refractivity contribution in [3.8, 4) is 17.0 Å². The molecule has 1 N–H and O–H groups in total. The molecule has 1 unspecified atom stereocenters. The third-order valence-electron chi connectivity index (χ3n) is 6.68. The first-order chi connectivity index (χ1) is 17.5. The summed E-state index contributed by atoms with van der Waals surface area (Å²) in [5.74, 6) is -4.93. The largest absolute Gasteiger partial charge is 0.503 e. The number of nitrogens with zero attached hydrogens (tertiary/aromatic N) is 6. The summed E-state index contributed by atoms with van der Waals surface area (Å²) >= 11 is 0. The number of benzene rings is 2. The number of phenols is 1. The zero-order chi connectivity index (χ0) is 26.5. The molecule has 1 saturated heterocycles. The lowest BCUT2D eigenvalue weighted by Gasteiger charge is -2.39. The van der Waals surface area contributed by atoms with Crippen molar-refractivity contribution in [1.29, 1.82) is 0 Å². The van der Waals surface area contributed by atoms with E-state index in [0.29, 0.717) is 25.1 Å². The highest BCUT2D eigenvalue weighted by atomic mass is 19.4. The van der Waals surface area contributed by atoms with E-state index in [0.717, 1.165) is 13.0 Å². The fraction of sp³-hybridized carbons (Fsp3) is 0.320. The average Bonchev–Trinajstić information content (AvgIpc) is 3.19. The minimum Gasteiger partial charge on any atom is -0.503 e. The molecule has 1 atom stereocenters. The number of aromatic nitrogens is 4. The quantitative estimate of drug-likeness (QED) is 0.404. The summed E-state index contributed by atoms with van der Waals surface area (Å²) in [6.45, 7) is 2.08. The molecule has 0 bridgehead atoms. The van der Waals surface area contributed by atoms with Crippen LogP contribution in [0.3, 0.4) is 0 Å². The van der Waals surface area contributed by atoms with Crippen molar-refractivity contribution in [2.45, 2.75) is 18.6 Å². The minimum absolute atomic E-state index is 0.166. The number of fused-ring (bicyclic) bond motifs is 1. The first kappa shape index (κ1) is 24.9. The molecule has 0 aliphatic carbocycles. The maximum atomic E-state index is 14.7. The van der Waals surface area contributed by atoms with Gasteiger partial charge in [-0.1, -0.05) is 30.3 Å². The Hall–Kier alpha value is -3.80. The van der Waals surface area contributed by atoms with E-state index in [4.69, 9.17) is 0 Å². The Labute approximate surface area is 208 Å². The molecule has 3 heterocycles. The predicted octanol–water partition coefficient (Wildman–Crippen LogP) is 4.40. The van der Waals surface area contributed by atoms with E-state index >= 15 is 0 Å². The number of alkyl halides is 3. The van der Waals surface area contributed by atoms with Crippen LogP contribution in [0.25, 0.3) is 22.3 Å². The van der Waals surface area contributed by atoms with E-state index in [2.05, 4.69) is 39.1 Å². The van der Waals surface area contributed by atoms with Crippen LogP contribution in [0.15, 0.2) is 42.6 Å². The molecule has 194 valence electrons. The fourth-order valence-electron chi connectivity index (χ4n) is 4.62. The van der Waals surface area contributed by atoms with E-state index in [1.165, 1.54) is 23.5 Å². The van der Waals surface area contributed by atoms with Gasteiger partial charge in [-0.25, -0.2) is 18.4 Å². The normalized spacial score (nSPS) is 17.1. The molecule has 0 spiro atoms. The van der Waals surface area contributed by atoms with E-state index in [9.17, 15) is 27.1 Å². The zero-order valence-corrected chi connectivity index (χ0v) is 20.0. The van der Waals surface area contributed by atoms with Gasteiger partial charge in [0.25, 0.3) is 0 Å². The average molecular weight is 518 g/mol. The number of likely N-dealkylation sites (N-methyl/N-ethyl adjacent to an activating group) is 1. The van der Waals surface area contributed by atoms with Gasteiger partial charge < -0.3 is 10.0 Å². The Kier molecular flexibility index (Phi) is 6.22. The van der Waals surface area contributed by atoms with E-state index in [-0.39, 0.29) is 22.8 Å². The number of aryl methyl sites for hydroxylation is 1. The molecular formula is C25H23F5N6O. The molecule has 1 aliphatic heterocycles. The van der Waals surface area contributed by atoms with Gasteiger partial charge in [-0.3, -0.25) is 4.90 Å². The Morgan fingerprint density at radius 3 is 2.49 bits per heavy atom. The van der Waals surface area contributed by atoms with Crippen LogP contribution in [0.4, 0.5) is 27.9 Å². The van der Waals surface area contributed by atoms with Crippen LogP contribution in [-0.4, -0.2) is 62.5 Å². The fourth-order valence-corrected chi connectivity index (χ4v) is 4.62. The van der Waals surface area contributed by atoms with Gasteiger partial charge in [0.15, 0.2) is 23.0 Å². The minimum atomic E-state index is -5.14. The van der Waals surface area contributed by atoms with Crippen LogP contribution in [0.5, 0.6) is 5.75 Å². The molecule has 2 aromatic carbocycles. The van der Waals surface area contributed by atoms with Gasteiger partial charge >= 0.3 is 6.18 Å². The van der Waals surface area contributed by atoms with Crippen LogP contribution in [0, 0.1) is 11.6 Å². The van der Waals surface area contributed by atoms with E-state index in [1.807, 2.05) is 23.1 Å². The molecular weight excluding hydrogens is 495 g/mol. The number of hydrogen-bond donors (Lipinski definition) is 1. The second-order valence-electron chi connectivity index (χ2n) is 9.10.